The third kappa shape index (κ3) is 3.62. The van der Waals surface area contributed by atoms with Crippen LogP contribution in [0.5, 0.6) is 0 Å². The van der Waals surface area contributed by atoms with Gasteiger partial charge in [0.1, 0.15) is 5.78 Å². The maximum absolute atomic E-state index is 10.7. The molecule has 60 valence electrons. The molecule has 0 saturated carbocycles. The van der Waals surface area contributed by atoms with Crippen LogP contribution in [0.4, 0.5) is 0 Å². The highest BCUT2D eigenvalue weighted by molar-refractivity contribution is 5.81. The Hall–Kier alpha value is -0.370. The Morgan fingerprint density at radius 3 is 2.40 bits per heavy atom. The largest absolute Gasteiger partial charge is 0.322 e. The molecule has 0 aromatic heterocycles. The fraction of sp³-hybridized carbons (Fsp3) is 0.875. The van der Waals surface area contributed by atoms with Crippen LogP contribution in [0.25, 0.3) is 0 Å². The molecule has 0 aliphatic rings. The summed E-state index contributed by atoms with van der Waals surface area (Å²) in [5, 5.41) is 0. The Bertz CT molecular complexity index is 112. The molecule has 2 atom stereocenters. The van der Waals surface area contributed by atoms with Crippen molar-refractivity contribution >= 4 is 5.78 Å². The Kier molecular flexibility index (Phi) is 4.28. The summed E-state index contributed by atoms with van der Waals surface area (Å²) in [4.78, 5) is 10.7. The fourth-order valence-corrected chi connectivity index (χ4v) is 0.766. The lowest BCUT2D eigenvalue weighted by Crippen LogP contribution is -2.29. The molecule has 2 N–H and O–H groups in total. The van der Waals surface area contributed by atoms with Crippen LogP contribution in [0.3, 0.4) is 0 Å². The van der Waals surface area contributed by atoms with Crippen molar-refractivity contribution in [3.8, 4) is 0 Å². The monoisotopic (exact) mass is 143 g/mol. The lowest BCUT2D eigenvalue weighted by molar-refractivity contribution is -0.118. The summed E-state index contributed by atoms with van der Waals surface area (Å²) in [6, 6.07) is -0.241. The van der Waals surface area contributed by atoms with Gasteiger partial charge < -0.3 is 5.73 Å². The van der Waals surface area contributed by atoms with Crippen LogP contribution in [0.1, 0.15) is 33.6 Å². The summed E-state index contributed by atoms with van der Waals surface area (Å²) in [6.07, 6.45) is 1.92. The molecular weight excluding hydrogens is 126 g/mol. The topological polar surface area (TPSA) is 43.1 Å². The summed E-state index contributed by atoms with van der Waals surface area (Å²) >= 11 is 0. The zero-order valence-corrected chi connectivity index (χ0v) is 7.05. The number of Topliss-reactive ketones (excluding diaryl/α,β-unsaturated/α-hetero) is 1. The first-order valence-electron chi connectivity index (χ1n) is 3.84. The molecule has 2 nitrogen and oxygen atoms in total. The van der Waals surface area contributed by atoms with Gasteiger partial charge in [-0.2, -0.15) is 0 Å². The Morgan fingerprint density at radius 1 is 1.60 bits per heavy atom. The van der Waals surface area contributed by atoms with E-state index in [1.54, 1.807) is 6.92 Å². The van der Waals surface area contributed by atoms with Crippen molar-refractivity contribution in [1.82, 2.24) is 0 Å². The minimum atomic E-state index is -0.241. The molecule has 0 amide bonds. The molecule has 10 heavy (non-hydrogen) atoms. The lowest BCUT2D eigenvalue weighted by Gasteiger charge is -2.12. The quantitative estimate of drug-likeness (QED) is 0.645. The Morgan fingerprint density at radius 2 is 2.10 bits per heavy atom. The number of hydrogen-bond acceptors (Lipinski definition) is 2. The zero-order valence-electron chi connectivity index (χ0n) is 7.05. The normalized spacial score (nSPS) is 16.4. The maximum Gasteiger partial charge on any atom is 0.146 e. The molecule has 2 heteroatoms. The minimum absolute atomic E-state index is 0.0975. The SMILES string of the molecule is CCC(C)CC(N)C(C)=O. The van der Waals surface area contributed by atoms with E-state index in [1.165, 1.54) is 0 Å². The van der Waals surface area contributed by atoms with Crippen LogP contribution in [0, 0.1) is 5.92 Å². The Balaban J connectivity index is 3.56. The predicted octanol–water partition coefficient (Wildman–Crippen LogP) is 1.34. The minimum Gasteiger partial charge on any atom is -0.322 e. The molecule has 0 aliphatic carbocycles. The molecule has 0 spiro atoms. The third-order valence-corrected chi connectivity index (χ3v) is 1.88. The smallest absolute Gasteiger partial charge is 0.146 e. The van der Waals surface area contributed by atoms with Crippen LogP contribution in [-0.4, -0.2) is 11.8 Å². The van der Waals surface area contributed by atoms with Crippen LogP contribution in [-0.2, 0) is 4.79 Å². The van der Waals surface area contributed by atoms with Crippen molar-refractivity contribution in [3.63, 3.8) is 0 Å². The molecule has 0 bridgehead atoms. The van der Waals surface area contributed by atoms with Crippen LogP contribution in [0.2, 0.25) is 0 Å². The summed E-state index contributed by atoms with van der Waals surface area (Å²) in [6.45, 7) is 5.77. The van der Waals surface area contributed by atoms with Gasteiger partial charge in [-0.25, -0.2) is 0 Å². The maximum atomic E-state index is 10.7. The van der Waals surface area contributed by atoms with E-state index in [9.17, 15) is 4.79 Å². The van der Waals surface area contributed by atoms with E-state index in [0.717, 1.165) is 12.8 Å². The van der Waals surface area contributed by atoms with Gasteiger partial charge >= 0.3 is 0 Å². The van der Waals surface area contributed by atoms with Gasteiger partial charge in [-0.3, -0.25) is 4.79 Å². The number of hydrogen-bond donors (Lipinski definition) is 1. The number of carbonyl (C=O) groups is 1. The van der Waals surface area contributed by atoms with Gasteiger partial charge in [-0.05, 0) is 19.3 Å². The molecular formula is C8H17NO. The third-order valence-electron chi connectivity index (χ3n) is 1.88. The van der Waals surface area contributed by atoms with Gasteiger partial charge in [0.15, 0.2) is 0 Å². The lowest BCUT2D eigenvalue weighted by atomic mass is 9.98. The average Bonchev–Trinajstić information content (AvgIpc) is 1.87. The average molecular weight is 143 g/mol. The number of rotatable bonds is 4. The van der Waals surface area contributed by atoms with Crippen molar-refractivity contribution in [1.29, 1.82) is 0 Å². The van der Waals surface area contributed by atoms with E-state index >= 15 is 0 Å². The van der Waals surface area contributed by atoms with E-state index in [-0.39, 0.29) is 11.8 Å². The second-order valence-corrected chi connectivity index (χ2v) is 2.97. The van der Waals surface area contributed by atoms with Crippen molar-refractivity contribution in [2.24, 2.45) is 11.7 Å². The molecule has 2 unspecified atom stereocenters. The molecule has 0 aromatic rings. The second-order valence-electron chi connectivity index (χ2n) is 2.97. The van der Waals surface area contributed by atoms with Gasteiger partial charge in [0.2, 0.25) is 0 Å². The number of carbonyl (C=O) groups excluding carboxylic acids is 1. The molecule has 0 rings (SSSR count). The van der Waals surface area contributed by atoms with Crippen LogP contribution < -0.4 is 5.73 Å². The molecule has 0 radical (unpaired) electrons. The van der Waals surface area contributed by atoms with Gasteiger partial charge in [0, 0.05) is 0 Å². The fourth-order valence-electron chi connectivity index (χ4n) is 0.766. The van der Waals surface area contributed by atoms with Crippen molar-refractivity contribution in [2.75, 3.05) is 0 Å². The molecule has 0 heterocycles. The standard InChI is InChI=1S/C8H17NO/c1-4-6(2)5-8(9)7(3)10/h6,8H,4-5,9H2,1-3H3. The van der Waals surface area contributed by atoms with Gasteiger partial charge in [-0.1, -0.05) is 20.3 Å². The summed E-state index contributed by atoms with van der Waals surface area (Å²) in [7, 11) is 0. The Labute approximate surface area is 62.8 Å². The summed E-state index contributed by atoms with van der Waals surface area (Å²) < 4.78 is 0. The molecule has 0 aliphatic heterocycles. The van der Waals surface area contributed by atoms with Gasteiger partial charge in [-0.15, -0.1) is 0 Å². The van der Waals surface area contributed by atoms with E-state index in [1.807, 2.05) is 0 Å². The van der Waals surface area contributed by atoms with E-state index in [4.69, 9.17) is 5.73 Å². The predicted molar refractivity (Wildman–Crippen MR) is 42.7 cm³/mol. The second kappa shape index (κ2) is 4.45. The summed E-state index contributed by atoms with van der Waals surface area (Å²) in [5.74, 6) is 0.666. The van der Waals surface area contributed by atoms with Crippen molar-refractivity contribution < 1.29 is 4.79 Å². The van der Waals surface area contributed by atoms with Gasteiger partial charge in [0.25, 0.3) is 0 Å². The molecule has 0 saturated heterocycles. The molecule has 0 aromatic carbocycles. The van der Waals surface area contributed by atoms with Crippen LogP contribution in [0.15, 0.2) is 0 Å². The first-order valence-corrected chi connectivity index (χ1v) is 3.84. The van der Waals surface area contributed by atoms with Crippen molar-refractivity contribution in [3.05, 3.63) is 0 Å². The van der Waals surface area contributed by atoms with Gasteiger partial charge in [0.05, 0.1) is 6.04 Å². The first-order chi connectivity index (χ1) is 4.57. The van der Waals surface area contributed by atoms with E-state index < -0.39 is 0 Å². The highest BCUT2D eigenvalue weighted by Crippen LogP contribution is 2.08. The summed E-state index contributed by atoms with van der Waals surface area (Å²) in [5.41, 5.74) is 5.54. The van der Waals surface area contributed by atoms with Crippen LogP contribution >= 0.6 is 0 Å². The highest BCUT2D eigenvalue weighted by Gasteiger charge is 2.10. The van der Waals surface area contributed by atoms with E-state index in [0.29, 0.717) is 5.92 Å². The number of nitrogens with two attached hydrogens (primary N) is 1. The van der Waals surface area contributed by atoms with Crippen molar-refractivity contribution in [2.45, 2.75) is 39.7 Å². The zero-order chi connectivity index (χ0) is 8.15. The number of ketones is 1. The first kappa shape index (κ1) is 9.63. The van der Waals surface area contributed by atoms with E-state index in [2.05, 4.69) is 13.8 Å². The highest BCUT2D eigenvalue weighted by atomic mass is 16.1. The molecule has 0 fully saturated rings.